The van der Waals surface area contributed by atoms with Crippen LogP contribution in [0, 0.1) is 13.8 Å². The summed E-state index contributed by atoms with van der Waals surface area (Å²) in [5.74, 6) is 0. The molecule has 0 amide bonds. The van der Waals surface area contributed by atoms with Crippen LogP contribution in [0.1, 0.15) is 17.0 Å². The van der Waals surface area contributed by atoms with E-state index in [1.807, 2.05) is 13.0 Å². The number of hydrogen-bond donors (Lipinski definition) is 2. The highest BCUT2D eigenvalue weighted by atomic mass is 16.6. The van der Waals surface area contributed by atoms with E-state index in [1.54, 1.807) is 0 Å². The Balaban J connectivity index is 2.38. The fraction of sp³-hybridized carbons (Fsp3) is 0.231. The molecule has 2 heterocycles. The molecule has 0 aliphatic heterocycles. The van der Waals surface area contributed by atoms with E-state index >= 15 is 0 Å². The first kappa shape index (κ1) is 11.0. The molecule has 92 valence electrons. The lowest BCUT2D eigenvalue weighted by molar-refractivity contribution is 0.304. The van der Waals surface area contributed by atoms with Gasteiger partial charge in [0.05, 0.1) is 0 Å². The third-order valence-electron chi connectivity index (χ3n) is 3.21. The maximum atomic E-state index is 5.66. The fourth-order valence-electron chi connectivity index (χ4n) is 2.38. The molecule has 0 saturated heterocycles. The van der Waals surface area contributed by atoms with Crippen molar-refractivity contribution in [3.8, 4) is 11.3 Å². The Morgan fingerprint density at radius 2 is 2.11 bits per heavy atom. The van der Waals surface area contributed by atoms with Crippen LogP contribution >= 0.6 is 0 Å². The summed E-state index contributed by atoms with van der Waals surface area (Å²) in [6, 6.07) is 6.16. The zero-order chi connectivity index (χ0) is 12.7. The van der Waals surface area contributed by atoms with E-state index in [1.165, 1.54) is 5.56 Å². The zero-order valence-corrected chi connectivity index (χ0v) is 10.3. The molecule has 2 aromatic heterocycles. The van der Waals surface area contributed by atoms with E-state index in [9.17, 15) is 0 Å². The van der Waals surface area contributed by atoms with Gasteiger partial charge in [-0.1, -0.05) is 17.3 Å². The fourth-order valence-corrected chi connectivity index (χ4v) is 2.38. The molecule has 0 spiro atoms. The molecule has 0 atom stereocenters. The smallest absolute Gasteiger partial charge is 0.142 e. The summed E-state index contributed by atoms with van der Waals surface area (Å²) >= 11 is 0. The number of nitrogens with zero attached hydrogens (tertiary/aromatic N) is 2. The van der Waals surface area contributed by atoms with Gasteiger partial charge in [-0.25, -0.2) is 4.63 Å². The first-order valence-electron chi connectivity index (χ1n) is 5.82. The standard InChI is InChI=1S/C13H14N4O/c1-7-4-3-5-9-11(7)12(8(2)15-9)13-10(6-14)16-18-17-13/h3-5,15H,6,14H2,1-2H3. The average Bonchev–Trinajstić information content (AvgIpc) is 2.92. The van der Waals surface area contributed by atoms with E-state index in [4.69, 9.17) is 10.4 Å². The minimum absolute atomic E-state index is 0.316. The molecule has 5 nitrogen and oxygen atoms in total. The minimum atomic E-state index is 0.316. The van der Waals surface area contributed by atoms with E-state index in [0.29, 0.717) is 12.2 Å². The normalized spacial score (nSPS) is 11.3. The number of nitrogens with one attached hydrogen (secondary N) is 1. The zero-order valence-electron chi connectivity index (χ0n) is 10.3. The number of hydrogen-bond acceptors (Lipinski definition) is 4. The van der Waals surface area contributed by atoms with Gasteiger partial charge in [0.2, 0.25) is 0 Å². The highest BCUT2D eigenvalue weighted by molar-refractivity contribution is 5.99. The molecular formula is C13H14N4O. The maximum absolute atomic E-state index is 5.66. The van der Waals surface area contributed by atoms with Crippen LogP contribution in [-0.4, -0.2) is 15.3 Å². The van der Waals surface area contributed by atoms with E-state index in [-0.39, 0.29) is 0 Å². The molecular weight excluding hydrogens is 228 g/mol. The van der Waals surface area contributed by atoms with Crippen LogP contribution in [0.15, 0.2) is 22.8 Å². The Morgan fingerprint density at radius 3 is 2.89 bits per heavy atom. The van der Waals surface area contributed by atoms with Gasteiger partial charge in [0.15, 0.2) is 0 Å². The number of nitrogens with two attached hydrogens (primary N) is 1. The number of aryl methyl sites for hydroxylation is 2. The summed E-state index contributed by atoms with van der Waals surface area (Å²) in [6.07, 6.45) is 0. The Bertz CT molecular complexity index is 711. The number of aromatic nitrogens is 3. The van der Waals surface area contributed by atoms with Gasteiger partial charge in [0, 0.05) is 28.7 Å². The van der Waals surface area contributed by atoms with Gasteiger partial charge in [-0.2, -0.15) is 0 Å². The molecule has 18 heavy (non-hydrogen) atoms. The molecule has 0 bridgehead atoms. The first-order chi connectivity index (χ1) is 8.72. The Kier molecular flexibility index (Phi) is 2.41. The van der Waals surface area contributed by atoms with Gasteiger partial charge in [-0.15, -0.1) is 0 Å². The van der Waals surface area contributed by atoms with Crippen LogP contribution in [0.4, 0.5) is 0 Å². The van der Waals surface area contributed by atoms with Crippen LogP contribution in [0.3, 0.4) is 0 Å². The lowest BCUT2D eigenvalue weighted by Gasteiger charge is -2.00. The van der Waals surface area contributed by atoms with Crippen molar-refractivity contribution in [2.24, 2.45) is 5.73 Å². The number of benzene rings is 1. The van der Waals surface area contributed by atoms with Crippen molar-refractivity contribution in [3.05, 3.63) is 35.2 Å². The topological polar surface area (TPSA) is 80.7 Å². The van der Waals surface area contributed by atoms with Gasteiger partial charge in [-0.05, 0) is 30.6 Å². The lowest BCUT2D eigenvalue weighted by Crippen LogP contribution is -1.99. The molecule has 0 radical (unpaired) electrons. The summed E-state index contributed by atoms with van der Waals surface area (Å²) in [4.78, 5) is 3.36. The second-order valence-corrected chi connectivity index (χ2v) is 4.39. The largest absolute Gasteiger partial charge is 0.358 e. The van der Waals surface area contributed by atoms with Gasteiger partial charge in [0.1, 0.15) is 11.4 Å². The van der Waals surface area contributed by atoms with Crippen LogP contribution in [0.25, 0.3) is 22.2 Å². The predicted molar refractivity (Wildman–Crippen MR) is 69.0 cm³/mol. The third-order valence-corrected chi connectivity index (χ3v) is 3.21. The summed E-state index contributed by atoms with van der Waals surface area (Å²) in [5, 5.41) is 8.99. The predicted octanol–water partition coefficient (Wildman–Crippen LogP) is 2.29. The second-order valence-electron chi connectivity index (χ2n) is 4.39. The summed E-state index contributed by atoms with van der Waals surface area (Å²) < 4.78 is 4.81. The minimum Gasteiger partial charge on any atom is -0.358 e. The molecule has 0 fully saturated rings. The number of fused-ring (bicyclic) bond motifs is 1. The third kappa shape index (κ3) is 1.44. The van der Waals surface area contributed by atoms with Crippen molar-refractivity contribution in [3.63, 3.8) is 0 Å². The molecule has 1 aromatic carbocycles. The van der Waals surface area contributed by atoms with E-state index in [2.05, 4.69) is 34.4 Å². The molecule has 0 saturated carbocycles. The van der Waals surface area contributed by atoms with Gasteiger partial charge in [0.25, 0.3) is 0 Å². The summed E-state index contributed by atoms with van der Waals surface area (Å²) in [7, 11) is 0. The molecule has 5 heteroatoms. The molecule has 0 unspecified atom stereocenters. The average molecular weight is 242 g/mol. The van der Waals surface area contributed by atoms with Gasteiger partial charge in [-0.3, -0.25) is 0 Å². The lowest BCUT2D eigenvalue weighted by atomic mass is 10.0. The van der Waals surface area contributed by atoms with Crippen LogP contribution in [0.2, 0.25) is 0 Å². The van der Waals surface area contributed by atoms with E-state index in [0.717, 1.165) is 27.9 Å². The quantitative estimate of drug-likeness (QED) is 0.722. The Labute approximate surface area is 104 Å². The molecule has 0 aliphatic rings. The van der Waals surface area contributed by atoms with Crippen molar-refractivity contribution in [1.29, 1.82) is 0 Å². The van der Waals surface area contributed by atoms with Crippen molar-refractivity contribution in [1.82, 2.24) is 15.3 Å². The molecule has 3 rings (SSSR count). The molecule has 0 aliphatic carbocycles. The summed E-state index contributed by atoms with van der Waals surface area (Å²) in [6.45, 7) is 4.41. The Hall–Kier alpha value is -2.14. The maximum Gasteiger partial charge on any atom is 0.142 e. The SMILES string of the molecule is Cc1[nH]c2cccc(C)c2c1-c1nonc1CN. The van der Waals surface area contributed by atoms with Gasteiger partial charge >= 0.3 is 0 Å². The summed E-state index contributed by atoms with van der Waals surface area (Å²) in [5.41, 5.74) is 11.4. The highest BCUT2D eigenvalue weighted by Crippen LogP contribution is 2.34. The van der Waals surface area contributed by atoms with Gasteiger partial charge < -0.3 is 10.7 Å². The van der Waals surface area contributed by atoms with E-state index < -0.39 is 0 Å². The van der Waals surface area contributed by atoms with Crippen LogP contribution in [-0.2, 0) is 6.54 Å². The Morgan fingerprint density at radius 1 is 1.28 bits per heavy atom. The number of aromatic amines is 1. The molecule has 3 aromatic rings. The van der Waals surface area contributed by atoms with Crippen molar-refractivity contribution in [2.45, 2.75) is 20.4 Å². The number of H-pyrrole nitrogens is 1. The monoisotopic (exact) mass is 242 g/mol. The van der Waals surface area contributed by atoms with Crippen molar-refractivity contribution < 1.29 is 4.63 Å². The molecule has 3 N–H and O–H groups in total. The van der Waals surface area contributed by atoms with Crippen LogP contribution in [0.5, 0.6) is 0 Å². The second kappa shape index (κ2) is 3.96. The highest BCUT2D eigenvalue weighted by Gasteiger charge is 2.19. The van der Waals surface area contributed by atoms with Crippen LogP contribution < -0.4 is 5.73 Å². The van der Waals surface area contributed by atoms with Crippen molar-refractivity contribution >= 4 is 10.9 Å². The van der Waals surface area contributed by atoms with Crippen molar-refractivity contribution in [2.75, 3.05) is 0 Å². The number of rotatable bonds is 2. The first-order valence-corrected chi connectivity index (χ1v) is 5.82.